The minimum atomic E-state index is 0.266. The summed E-state index contributed by atoms with van der Waals surface area (Å²) < 4.78 is 0. The van der Waals surface area contributed by atoms with E-state index < -0.39 is 0 Å². The van der Waals surface area contributed by atoms with Gasteiger partial charge in [0, 0.05) is 38.9 Å². The van der Waals surface area contributed by atoms with Crippen LogP contribution in [-0.4, -0.2) is 24.9 Å². The Bertz CT molecular complexity index is 2010. The second-order valence-corrected chi connectivity index (χ2v) is 10.9. The molecular formula is C37H29N5. The predicted octanol–water partition coefficient (Wildman–Crippen LogP) is 9.07. The first kappa shape index (κ1) is 25.7. The lowest BCUT2D eigenvalue weighted by molar-refractivity contribution is 0.831. The van der Waals surface area contributed by atoms with Crippen LogP contribution in [0, 0.1) is 6.92 Å². The van der Waals surface area contributed by atoms with Gasteiger partial charge in [0.2, 0.25) is 0 Å². The van der Waals surface area contributed by atoms with Crippen LogP contribution in [0.25, 0.3) is 67.1 Å². The van der Waals surface area contributed by atoms with Crippen molar-refractivity contribution in [3.8, 4) is 45.3 Å². The van der Waals surface area contributed by atoms with E-state index in [1.54, 1.807) is 0 Å². The third-order valence-electron chi connectivity index (χ3n) is 7.52. The molecular weight excluding hydrogens is 514 g/mol. The van der Waals surface area contributed by atoms with Crippen LogP contribution in [-0.2, 0) is 0 Å². The molecule has 0 aliphatic carbocycles. The van der Waals surface area contributed by atoms with Crippen molar-refractivity contribution < 1.29 is 0 Å². The molecule has 202 valence electrons. The van der Waals surface area contributed by atoms with E-state index in [1.165, 1.54) is 0 Å². The number of hydrogen-bond donors (Lipinski definition) is 0. The zero-order valence-corrected chi connectivity index (χ0v) is 23.8. The van der Waals surface area contributed by atoms with Crippen LogP contribution in [0.1, 0.15) is 31.2 Å². The minimum absolute atomic E-state index is 0.266. The molecule has 0 bridgehead atoms. The third-order valence-corrected chi connectivity index (χ3v) is 7.52. The lowest BCUT2D eigenvalue weighted by Gasteiger charge is -2.14. The first-order valence-corrected chi connectivity index (χ1v) is 14.2. The molecule has 0 aliphatic rings. The maximum Gasteiger partial charge on any atom is 0.164 e. The number of nitrogens with zero attached hydrogens (tertiary/aromatic N) is 5. The van der Waals surface area contributed by atoms with Crippen LogP contribution in [0.3, 0.4) is 0 Å². The summed E-state index contributed by atoms with van der Waals surface area (Å²) in [6.45, 7) is 6.38. The zero-order chi connectivity index (χ0) is 28.6. The van der Waals surface area contributed by atoms with Crippen molar-refractivity contribution in [2.75, 3.05) is 0 Å². The Kier molecular flexibility index (Phi) is 6.48. The number of aryl methyl sites for hydroxylation is 1. The van der Waals surface area contributed by atoms with Gasteiger partial charge in [-0.1, -0.05) is 111 Å². The lowest BCUT2D eigenvalue weighted by atomic mass is 9.95. The number of pyridine rings is 2. The van der Waals surface area contributed by atoms with E-state index in [-0.39, 0.29) is 5.92 Å². The Labute approximate surface area is 245 Å². The maximum absolute atomic E-state index is 5.11. The summed E-state index contributed by atoms with van der Waals surface area (Å²) in [6, 6.07) is 39.3. The Morgan fingerprint density at radius 2 is 1.05 bits per heavy atom. The van der Waals surface area contributed by atoms with Crippen LogP contribution < -0.4 is 0 Å². The van der Waals surface area contributed by atoms with E-state index in [9.17, 15) is 0 Å². The molecule has 0 N–H and O–H groups in total. The number of hydrogen-bond acceptors (Lipinski definition) is 5. The van der Waals surface area contributed by atoms with Crippen molar-refractivity contribution in [1.29, 1.82) is 0 Å². The van der Waals surface area contributed by atoms with Crippen molar-refractivity contribution in [2.45, 2.75) is 26.7 Å². The van der Waals surface area contributed by atoms with E-state index in [0.717, 1.165) is 61.0 Å². The first-order chi connectivity index (χ1) is 20.5. The van der Waals surface area contributed by atoms with Gasteiger partial charge < -0.3 is 0 Å². The Morgan fingerprint density at radius 1 is 0.476 bits per heavy atom. The first-order valence-electron chi connectivity index (χ1n) is 14.2. The van der Waals surface area contributed by atoms with Crippen LogP contribution in [0.2, 0.25) is 0 Å². The van der Waals surface area contributed by atoms with Gasteiger partial charge in [-0.2, -0.15) is 0 Å². The summed E-state index contributed by atoms with van der Waals surface area (Å²) in [5, 5.41) is 2.17. The van der Waals surface area contributed by atoms with Gasteiger partial charge >= 0.3 is 0 Å². The summed E-state index contributed by atoms with van der Waals surface area (Å²) >= 11 is 0. The molecule has 0 amide bonds. The quantitative estimate of drug-likeness (QED) is 0.203. The van der Waals surface area contributed by atoms with E-state index in [1.807, 2.05) is 73.7 Å². The van der Waals surface area contributed by atoms with Gasteiger partial charge in [0.1, 0.15) is 0 Å². The van der Waals surface area contributed by atoms with Gasteiger partial charge in [0.15, 0.2) is 17.5 Å². The van der Waals surface area contributed by atoms with E-state index in [0.29, 0.717) is 17.5 Å². The summed E-state index contributed by atoms with van der Waals surface area (Å²) in [7, 11) is 0. The molecule has 0 aliphatic heterocycles. The molecule has 4 aromatic carbocycles. The molecule has 5 heteroatoms. The van der Waals surface area contributed by atoms with Crippen LogP contribution >= 0.6 is 0 Å². The number of rotatable bonds is 5. The fourth-order valence-electron chi connectivity index (χ4n) is 5.29. The van der Waals surface area contributed by atoms with Crippen LogP contribution in [0.5, 0.6) is 0 Å². The molecule has 42 heavy (non-hydrogen) atoms. The molecule has 5 nitrogen and oxygen atoms in total. The van der Waals surface area contributed by atoms with Crippen LogP contribution in [0.15, 0.2) is 115 Å². The molecule has 7 aromatic rings. The van der Waals surface area contributed by atoms with Gasteiger partial charge in [-0.15, -0.1) is 0 Å². The molecule has 7 rings (SSSR count). The molecule has 0 saturated carbocycles. The van der Waals surface area contributed by atoms with Gasteiger partial charge in [0.25, 0.3) is 0 Å². The van der Waals surface area contributed by atoms with Crippen molar-refractivity contribution >= 4 is 21.8 Å². The van der Waals surface area contributed by atoms with Gasteiger partial charge in [-0.3, -0.25) is 9.97 Å². The highest BCUT2D eigenvalue weighted by Crippen LogP contribution is 2.35. The fraction of sp³-hybridized carbons (Fsp3) is 0.108. The molecule has 0 atom stereocenters. The molecule has 0 radical (unpaired) electrons. The Balaban J connectivity index is 1.43. The summed E-state index contributed by atoms with van der Waals surface area (Å²) in [5.74, 6) is 2.19. The van der Waals surface area contributed by atoms with Crippen molar-refractivity contribution in [2.24, 2.45) is 0 Å². The summed E-state index contributed by atoms with van der Waals surface area (Å²) in [4.78, 5) is 24.7. The summed E-state index contributed by atoms with van der Waals surface area (Å²) in [5.41, 5.74) is 8.91. The highest BCUT2D eigenvalue weighted by molar-refractivity contribution is 6.08. The topological polar surface area (TPSA) is 64.5 Å². The third kappa shape index (κ3) is 4.79. The second kappa shape index (κ2) is 10.6. The Hall–Kier alpha value is -5.29. The monoisotopic (exact) mass is 543 g/mol. The van der Waals surface area contributed by atoms with Gasteiger partial charge in [-0.05, 0) is 42.2 Å². The highest BCUT2D eigenvalue weighted by Gasteiger charge is 2.16. The zero-order valence-electron chi connectivity index (χ0n) is 23.8. The minimum Gasteiger partial charge on any atom is -0.251 e. The van der Waals surface area contributed by atoms with E-state index in [4.69, 9.17) is 24.9 Å². The van der Waals surface area contributed by atoms with Gasteiger partial charge in [-0.25, -0.2) is 15.0 Å². The Morgan fingerprint density at radius 3 is 1.69 bits per heavy atom. The average Bonchev–Trinajstić information content (AvgIpc) is 3.04. The van der Waals surface area contributed by atoms with Crippen molar-refractivity contribution in [1.82, 2.24) is 24.9 Å². The standard InChI is InChI=1S/C37H29N5/c1-23(2)32-22-31(30-20-19-25-18-17-24(3)38-33(25)34(30)39-32)28-15-10-16-29(21-28)37-41-35(26-11-6-4-7-12-26)40-36(42-37)27-13-8-5-9-14-27/h4-23H,1-3H3. The summed E-state index contributed by atoms with van der Waals surface area (Å²) in [6.07, 6.45) is 0. The molecule has 3 aromatic heterocycles. The molecule has 0 spiro atoms. The van der Waals surface area contributed by atoms with Crippen molar-refractivity contribution in [3.63, 3.8) is 0 Å². The SMILES string of the molecule is Cc1ccc2ccc3c(-c4cccc(-c5nc(-c6ccccc6)nc(-c6ccccc6)n5)c4)cc(C(C)C)nc3c2n1. The predicted molar refractivity (Wildman–Crippen MR) is 171 cm³/mol. The molecule has 0 saturated heterocycles. The van der Waals surface area contributed by atoms with Gasteiger partial charge in [0.05, 0.1) is 11.0 Å². The van der Waals surface area contributed by atoms with E-state index in [2.05, 4.69) is 62.4 Å². The number of fused-ring (bicyclic) bond motifs is 3. The largest absolute Gasteiger partial charge is 0.251 e. The molecule has 0 unspecified atom stereocenters. The van der Waals surface area contributed by atoms with Crippen LogP contribution in [0.4, 0.5) is 0 Å². The fourth-order valence-corrected chi connectivity index (χ4v) is 5.29. The molecule has 3 heterocycles. The highest BCUT2D eigenvalue weighted by atomic mass is 15.0. The average molecular weight is 544 g/mol. The normalized spacial score (nSPS) is 11.4. The van der Waals surface area contributed by atoms with E-state index >= 15 is 0 Å². The second-order valence-electron chi connectivity index (χ2n) is 10.9. The number of benzene rings is 4. The van der Waals surface area contributed by atoms with Crippen molar-refractivity contribution in [3.05, 3.63) is 127 Å². The smallest absolute Gasteiger partial charge is 0.164 e. The molecule has 0 fully saturated rings. The number of aromatic nitrogens is 5. The lowest BCUT2D eigenvalue weighted by Crippen LogP contribution is -2.00. The maximum atomic E-state index is 5.11.